The van der Waals surface area contributed by atoms with Crippen molar-refractivity contribution in [1.82, 2.24) is 0 Å². The second-order valence-electron chi connectivity index (χ2n) is 17.2. The first-order valence-corrected chi connectivity index (χ1v) is 20.0. The Kier molecular flexibility index (Phi) is 9.82. The molecule has 7 heteroatoms. The maximum absolute atomic E-state index is 9.41. The molecule has 0 amide bonds. The van der Waals surface area contributed by atoms with E-state index in [0.29, 0.717) is 19.0 Å². The van der Waals surface area contributed by atoms with Crippen LogP contribution in [0.5, 0.6) is 23.0 Å². The molecule has 1 atom stereocenters. The van der Waals surface area contributed by atoms with Crippen LogP contribution < -0.4 is 24.3 Å². The lowest BCUT2D eigenvalue weighted by Crippen LogP contribution is -2.44. The summed E-state index contributed by atoms with van der Waals surface area (Å²) < 4.78 is 30.9. The number of aliphatic hydroxyl groups is 1. The van der Waals surface area contributed by atoms with Crippen LogP contribution in [0.1, 0.15) is 81.7 Å². The highest BCUT2D eigenvalue weighted by Gasteiger charge is 2.55. The highest BCUT2D eigenvalue weighted by atomic mass is 16.5. The lowest BCUT2D eigenvalue weighted by atomic mass is 9.52. The molecule has 0 saturated heterocycles. The standard InChI is InChI=1S/C49H55NO6/c1-8-54-25-23-50-34-13-9-32(10-14-34)49(33-11-15-35(16-12-33)55-26-24-51)22-21-40-44-43(38-19-17-36(52-6)27-41(38)45(40)56-49)39-20-18-37(53-7)28-42(39)48(44)30-46(2,3)29-47(4,5)31-48/h9-22,27-28,50-51H,8,23-26,29-31H2,1-7H3. The largest absolute Gasteiger partial charge is 0.497 e. The fourth-order valence-electron chi connectivity index (χ4n) is 10.6. The van der Waals surface area contributed by atoms with E-state index in [-0.39, 0.29) is 29.5 Å². The average Bonchev–Trinajstić information content (AvgIpc) is 3.45. The van der Waals surface area contributed by atoms with Crippen molar-refractivity contribution < 1.29 is 28.8 Å². The van der Waals surface area contributed by atoms with E-state index in [1.807, 2.05) is 19.1 Å². The van der Waals surface area contributed by atoms with Gasteiger partial charge in [-0.2, -0.15) is 0 Å². The topological polar surface area (TPSA) is 78.4 Å². The van der Waals surface area contributed by atoms with Crippen molar-refractivity contribution in [3.8, 4) is 34.1 Å². The van der Waals surface area contributed by atoms with Gasteiger partial charge in [0.2, 0.25) is 0 Å². The minimum absolute atomic E-state index is 0.0490. The predicted octanol–water partition coefficient (Wildman–Crippen LogP) is 10.5. The van der Waals surface area contributed by atoms with Crippen LogP contribution in [-0.4, -0.2) is 52.3 Å². The van der Waals surface area contributed by atoms with Gasteiger partial charge in [-0.1, -0.05) is 64.1 Å². The lowest BCUT2D eigenvalue weighted by molar-refractivity contribution is 0.0641. The van der Waals surface area contributed by atoms with Gasteiger partial charge in [-0.3, -0.25) is 0 Å². The molecule has 5 aromatic rings. The third kappa shape index (κ3) is 6.49. The number of benzene rings is 5. The molecule has 56 heavy (non-hydrogen) atoms. The molecule has 0 radical (unpaired) electrons. The molecule has 1 spiro atoms. The Bertz CT molecular complexity index is 2260. The Morgan fingerprint density at radius 1 is 0.732 bits per heavy atom. The van der Waals surface area contributed by atoms with Crippen LogP contribution in [-0.2, 0) is 15.8 Å². The van der Waals surface area contributed by atoms with E-state index in [1.165, 1.54) is 22.3 Å². The van der Waals surface area contributed by atoms with E-state index in [2.05, 4.69) is 118 Å². The Labute approximate surface area is 331 Å². The zero-order valence-corrected chi connectivity index (χ0v) is 33.9. The van der Waals surface area contributed by atoms with Gasteiger partial charge in [0.05, 0.1) is 27.4 Å². The van der Waals surface area contributed by atoms with Gasteiger partial charge in [-0.05, 0) is 125 Å². The summed E-state index contributed by atoms with van der Waals surface area (Å²) in [4.78, 5) is 0. The molecule has 7 nitrogen and oxygen atoms in total. The number of aliphatic hydroxyl groups excluding tert-OH is 1. The van der Waals surface area contributed by atoms with Crippen molar-refractivity contribution in [2.24, 2.45) is 10.8 Å². The minimum atomic E-state index is -0.969. The number of fused-ring (bicyclic) bond motifs is 10. The van der Waals surface area contributed by atoms with E-state index >= 15 is 0 Å². The number of nitrogens with one attached hydrogen (secondary N) is 1. The SMILES string of the molecule is CCOCCNc1ccc(C2(c3ccc(OCCO)cc3)C=Cc3c4c(c5ccc(OC)cc5c3O2)-c2ccc(OC)cc2C42CC(C)(C)CC(C)(C)C2)cc1. The Balaban J connectivity index is 1.38. The number of hydrogen-bond acceptors (Lipinski definition) is 7. The van der Waals surface area contributed by atoms with Crippen LogP contribution in [0.2, 0.25) is 0 Å². The minimum Gasteiger partial charge on any atom is -0.497 e. The van der Waals surface area contributed by atoms with Gasteiger partial charge in [-0.15, -0.1) is 0 Å². The lowest BCUT2D eigenvalue weighted by Gasteiger charge is -2.52. The van der Waals surface area contributed by atoms with Gasteiger partial charge < -0.3 is 34.1 Å². The molecular weight excluding hydrogens is 699 g/mol. The van der Waals surface area contributed by atoms with Gasteiger partial charge in [0.15, 0.2) is 5.60 Å². The van der Waals surface area contributed by atoms with E-state index in [1.54, 1.807) is 14.2 Å². The summed E-state index contributed by atoms with van der Waals surface area (Å²) in [6.07, 6.45) is 7.75. The first-order chi connectivity index (χ1) is 27.0. The number of methoxy groups -OCH3 is 2. The molecule has 8 rings (SSSR count). The fraction of sp³-hybridized carbons (Fsp3) is 0.388. The maximum atomic E-state index is 9.41. The Morgan fingerprint density at radius 3 is 2.04 bits per heavy atom. The van der Waals surface area contributed by atoms with Gasteiger partial charge in [-0.25, -0.2) is 0 Å². The summed E-state index contributed by atoms with van der Waals surface area (Å²) in [5, 5.41) is 15.1. The number of anilines is 1. The molecule has 292 valence electrons. The van der Waals surface area contributed by atoms with E-state index in [0.717, 1.165) is 76.2 Å². The molecule has 3 aliphatic rings. The summed E-state index contributed by atoms with van der Waals surface area (Å²) >= 11 is 0. The van der Waals surface area contributed by atoms with E-state index in [4.69, 9.17) is 23.7 Å². The predicted molar refractivity (Wildman–Crippen MR) is 226 cm³/mol. The molecule has 0 aromatic heterocycles. The van der Waals surface area contributed by atoms with Crippen LogP contribution in [0.15, 0.2) is 91.0 Å². The highest BCUT2D eigenvalue weighted by Crippen LogP contribution is 2.67. The summed E-state index contributed by atoms with van der Waals surface area (Å²) in [5.41, 5.74) is 8.28. The average molecular weight is 754 g/mol. The molecule has 1 fully saturated rings. The Hall–Kier alpha value is -4.98. The van der Waals surface area contributed by atoms with Crippen molar-refractivity contribution in [3.05, 3.63) is 119 Å². The highest BCUT2D eigenvalue weighted by molar-refractivity contribution is 6.09. The van der Waals surface area contributed by atoms with Crippen molar-refractivity contribution in [1.29, 1.82) is 0 Å². The van der Waals surface area contributed by atoms with Crippen LogP contribution in [0, 0.1) is 10.8 Å². The van der Waals surface area contributed by atoms with Crippen LogP contribution in [0.3, 0.4) is 0 Å². The van der Waals surface area contributed by atoms with Gasteiger partial charge in [0.25, 0.3) is 0 Å². The molecule has 2 N–H and O–H groups in total. The van der Waals surface area contributed by atoms with Crippen LogP contribution in [0.4, 0.5) is 5.69 Å². The zero-order valence-electron chi connectivity index (χ0n) is 33.9. The summed E-state index contributed by atoms with van der Waals surface area (Å²) in [6.45, 7) is 14.0. The smallest absolute Gasteiger partial charge is 0.178 e. The quantitative estimate of drug-likeness (QED) is 0.123. The van der Waals surface area contributed by atoms with Gasteiger partial charge in [0.1, 0.15) is 29.6 Å². The molecule has 1 saturated carbocycles. The van der Waals surface area contributed by atoms with Crippen molar-refractivity contribution in [3.63, 3.8) is 0 Å². The first kappa shape index (κ1) is 37.9. The molecular formula is C49H55NO6. The monoisotopic (exact) mass is 753 g/mol. The Morgan fingerprint density at radius 2 is 1.38 bits per heavy atom. The number of rotatable bonds is 12. The fourth-order valence-corrected chi connectivity index (χ4v) is 10.6. The normalized spacial score (nSPS) is 19.5. The van der Waals surface area contributed by atoms with Crippen molar-refractivity contribution in [2.45, 2.75) is 64.9 Å². The summed E-state index contributed by atoms with van der Waals surface area (Å²) in [6, 6.07) is 29.7. The van der Waals surface area contributed by atoms with Gasteiger partial charge >= 0.3 is 0 Å². The first-order valence-electron chi connectivity index (χ1n) is 20.0. The number of ether oxygens (including phenoxy) is 5. The van der Waals surface area contributed by atoms with E-state index in [9.17, 15) is 5.11 Å². The van der Waals surface area contributed by atoms with Crippen molar-refractivity contribution >= 4 is 22.5 Å². The molecule has 2 aliphatic carbocycles. The number of hydrogen-bond donors (Lipinski definition) is 2. The molecule has 1 aliphatic heterocycles. The molecule has 1 heterocycles. The van der Waals surface area contributed by atoms with Crippen LogP contribution >= 0.6 is 0 Å². The van der Waals surface area contributed by atoms with Gasteiger partial charge in [0, 0.05) is 46.3 Å². The molecule has 5 aromatic carbocycles. The van der Waals surface area contributed by atoms with Crippen molar-refractivity contribution in [2.75, 3.05) is 52.5 Å². The third-order valence-electron chi connectivity index (χ3n) is 12.0. The second-order valence-corrected chi connectivity index (χ2v) is 17.2. The second kappa shape index (κ2) is 14.5. The summed E-state index contributed by atoms with van der Waals surface area (Å²) in [5.74, 6) is 3.20. The third-order valence-corrected chi connectivity index (χ3v) is 12.0. The molecule has 1 unspecified atom stereocenters. The van der Waals surface area contributed by atoms with Crippen LogP contribution in [0.25, 0.3) is 28.0 Å². The van der Waals surface area contributed by atoms with E-state index < -0.39 is 5.60 Å². The molecule has 0 bridgehead atoms. The maximum Gasteiger partial charge on any atom is 0.178 e. The summed E-state index contributed by atoms with van der Waals surface area (Å²) in [7, 11) is 3.49. The zero-order chi connectivity index (χ0) is 39.3.